The first-order valence-corrected chi connectivity index (χ1v) is 5.71. The number of aryl methyl sites for hydroxylation is 1. The average Bonchev–Trinajstić information content (AvgIpc) is 2.24. The van der Waals surface area contributed by atoms with Crippen molar-refractivity contribution < 1.29 is 9.53 Å². The Kier molecular flexibility index (Phi) is 4.53. The molecule has 1 aromatic carbocycles. The first kappa shape index (κ1) is 12.8. The molecule has 0 amide bonds. The van der Waals surface area contributed by atoms with E-state index in [1.54, 1.807) is 0 Å². The first-order chi connectivity index (χ1) is 7.50. The van der Waals surface area contributed by atoms with Gasteiger partial charge in [-0.1, -0.05) is 30.3 Å². The Bertz CT molecular complexity index is 322. The molecule has 0 atom stereocenters. The number of ether oxygens (including phenoxy) is 1. The Hall–Kier alpha value is -1.31. The standard InChI is InChI=1S/C14H20O2/c1-14(2,3)13(15)16-11-7-10-12-8-5-4-6-9-12/h4-6,8-9H,7,10-11H2,1-3H3. The molecule has 2 heteroatoms. The van der Waals surface area contributed by atoms with Gasteiger partial charge in [-0.25, -0.2) is 0 Å². The Morgan fingerprint density at radius 2 is 1.81 bits per heavy atom. The summed E-state index contributed by atoms with van der Waals surface area (Å²) in [5.41, 5.74) is 0.890. The molecule has 16 heavy (non-hydrogen) atoms. The van der Waals surface area contributed by atoms with Crippen molar-refractivity contribution in [2.24, 2.45) is 5.41 Å². The van der Waals surface area contributed by atoms with E-state index in [0.717, 1.165) is 12.8 Å². The van der Waals surface area contributed by atoms with Gasteiger partial charge in [0.2, 0.25) is 0 Å². The summed E-state index contributed by atoms with van der Waals surface area (Å²) in [6.45, 7) is 6.11. The summed E-state index contributed by atoms with van der Waals surface area (Å²) in [5, 5.41) is 0. The largest absolute Gasteiger partial charge is 0.465 e. The second-order valence-corrected chi connectivity index (χ2v) is 4.98. The van der Waals surface area contributed by atoms with Gasteiger partial charge < -0.3 is 4.74 Å². The van der Waals surface area contributed by atoms with Crippen LogP contribution in [-0.2, 0) is 16.0 Å². The summed E-state index contributed by atoms with van der Waals surface area (Å²) in [7, 11) is 0. The van der Waals surface area contributed by atoms with E-state index >= 15 is 0 Å². The van der Waals surface area contributed by atoms with Crippen molar-refractivity contribution >= 4 is 5.97 Å². The molecule has 0 aromatic heterocycles. The summed E-state index contributed by atoms with van der Waals surface area (Å²) in [4.78, 5) is 11.5. The Morgan fingerprint density at radius 3 is 2.38 bits per heavy atom. The highest BCUT2D eigenvalue weighted by atomic mass is 16.5. The maximum absolute atomic E-state index is 11.5. The number of carbonyl (C=O) groups is 1. The van der Waals surface area contributed by atoms with Crippen LogP contribution >= 0.6 is 0 Å². The van der Waals surface area contributed by atoms with Gasteiger partial charge in [0.15, 0.2) is 0 Å². The van der Waals surface area contributed by atoms with Crippen LogP contribution in [0.25, 0.3) is 0 Å². The molecular weight excluding hydrogens is 200 g/mol. The van der Waals surface area contributed by atoms with E-state index in [2.05, 4.69) is 12.1 Å². The van der Waals surface area contributed by atoms with Crippen LogP contribution in [-0.4, -0.2) is 12.6 Å². The Labute approximate surface area is 97.6 Å². The topological polar surface area (TPSA) is 26.3 Å². The fourth-order valence-electron chi connectivity index (χ4n) is 1.30. The lowest BCUT2D eigenvalue weighted by atomic mass is 9.97. The Balaban J connectivity index is 2.20. The minimum Gasteiger partial charge on any atom is -0.465 e. The molecule has 0 aliphatic carbocycles. The fourth-order valence-corrected chi connectivity index (χ4v) is 1.30. The molecule has 0 saturated carbocycles. The van der Waals surface area contributed by atoms with Gasteiger partial charge in [0.25, 0.3) is 0 Å². The van der Waals surface area contributed by atoms with E-state index in [1.807, 2.05) is 39.0 Å². The van der Waals surface area contributed by atoms with Gasteiger partial charge in [0.1, 0.15) is 0 Å². The van der Waals surface area contributed by atoms with E-state index in [4.69, 9.17) is 4.74 Å². The number of hydrogen-bond acceptors (Lipinski definition) is 2. The normalized spacial score (nSPS) is 11.2. The highest BCUT2D eigenvalue weighted by Crippen LogP contribution is 2.15. The van der Waals surface area contributed by atoms with E-state index in [0.29, 0.717) is 6.61 Å². The Morgan fingerprint density at radius 1 is 1.19 bits per heavy atom. The van der Waals surface area contributed by atoms with Gasteiger partial charge in [0.05, 0.1) is 12.0 Å². The van der Waals surface area contributed by atoms with Gasteiger partial charge >= 0.3 is 5.97 Å². The first-order valence-electron chi connectivity index (χ1n) is 5.71. The molecule has 0 unspecified atom stereocenters. The number of benzene rings is 1. The lowest BCUT2D eigenvalue weighted by Gasteiger charge is -2.16. The molecule has 88 valence electrons. The predicted molar refractivity (Wildman–Crippen MR) is 65.2 cm³/mol. The third-order valence-corrected chi connectivity index (χ3v) is 2.30. The van der Waals surface area contributed by atoms with Crippen LogP contribution in [0.4, 0.5) is 0 Å². The predicted octanol–water partition coefficient (Wildman–Crippen LogP) is 3.21. The van der Waals surface area contributed by atoms with E-state index < -0.39 is 5.41 Å². The van der Waals surface area contributed by atoms with E-state index in [-0.39, 0.29) is 5.97 Å². The number of hydrogen-bond donors (Lipinski definition) is 0. The monoisotopic (exact) mass is 220 g/mol. The van der Waals surface area contributed by atoms with Gasteiger partial charge in [-0.05, 0) is 39.2 Å². The van der Waals surface area contributed by atoms with Crippen molar-refractivity contribution in [2.75, 3.05) is 6.61 Å². The smallest absolute Gasteiger partial charge is 0.311 e. The van der Waals surface area contributed by atoms with E-state index in [1.165, 1.54) is 5.56 Å². The van der Waals surface area contributed by atoms with Gasteiger partial charge in [-0.2, -0.15) is 0 Å². The van der Waals surface area contributed by atoms with Crippen molar-refractivity contribution in [3.05, 3.63) is 35.9 Å². The minimum absolute atomic E-state index is 0.124. The zero-order valence-corrected chi connectivity index (χ0v) is 10.3. The quantitative estimate of drug-likeness (QED) is 0.575. The molecule has 0 N–H and O–H groups in total. The fraction of sp³-hybridized carbons (Fsp3) is 0.500. The zero-order chi connectivity index (χ0) is 12.0. The van der Waals surface area contributed by atoms with Crippen LogP contribution in [0.5, 0.6) is 0 Å². The SMILES string of the molecule is CC(C)(C)C(=O)OCCCc1ccccc1. The van der Waals surface area contributed by atoms with Crippen LogP contribution in [0.3, 0.4) is 0 Å². The van der Waals surface area contributed by atoms with Crippen LogP contribution in [0, 0.1) is 5.41 Å². The lowest BCUT2D eigenvalue weighted by molar-refractivity contribution is -0.153. The molecule has 1 rings (SSSR count). The second kappa shape index (κ2) is 5.69. The number of rotatable bonds is 4. The van der Waals surface area contributed by atoms with Crippen molar-refractivity contribution in [1.29, 1.82) is 0 Å². The molecule has 0 bridgehead atoms. The van der Waals surface area contributed by atoms with Gasteiger partial charge in [-0.15, -0.1) is 0 Å². The lowest BCUT2D eigenvalue weighted by Crippen LogP contribution is -2.23. The summed E-state index contributed by atoms with van der Waals surface area (Å²) in [6.07, 6.45) is 1.84. The summed E-state index contributed by atoms with van der Waals surface area (Å²) in [6, 6.07) is 10.2. The van der Waals surface area contributed by atoms with Gasteiger partial charge in [-0.3, -0.25) is 4.79 Å². The molecule has 1 aromatic rings. The van der Waals surface area contributed by atoms with Crippen LogP contribution in [0.1, 0.15) is 32.8 Å². The third-order valence-electron chi connectivity index (χ3n) is 2.30. The highest BCUT2D eigenvalue weighted by molar-refractivity contribution is 5.75. The van der Waals surface area contributed by atoms with Crippen LogP contribution < -0.4 is 0 Å². The maximum atomic E-state index is 11.5. The average molecular weight is 220 g/mol. The molecule has 0 spiro atoms. The summed E-state index contributed by atoms with van der Waals surface area (Å²) in [5.74, 6) is -0.124. The molecule has 0 heterocycles. The van der Waals surface area contributed by atoms with Crippen molar-refractivity contribution in [3.8, 4) is 0 Å². The van der Waals surface area contributed by atoms with Crippen molar-refractivity contribution in [2.45, 2.75) is 33.6 Å². The summed E-state index contributed by atoms with van der Waals surface area (Å²) >= 11 is 0. The van der Waals surface area contributed by atoms with E-state index in [9.17, 15) is 4.79 Å². The number of esters is 1. The second-order valence-electron chi connectivity index (χ2n) is 4.98. The maximum Gasteiger partial charge on any atom is 0.311 e. The van der Waals surface area contributed by atoms with Crippen molar-refractivity contribution in [1.82, 2.24) is 0 Å². The third kappa shape index (κ3) is 4.47. The molecule has 0 fully saturated rings. The molecular formula is C14H20O2. The molecule has 0 radical (unpaired) electrons. The highest BCUT2D eigenvalue weighted by Gasteiger charge is 2.22. The minimum atomic E-state index is -0.396. The summed E-state index contributed by atoms with van der Waals surface area (Å²) < 4.78 is 5.19. The van der Waals surface area contributed by atoms with Gasteiger partial charge in [0, 0.05) is 0 Å². The van der Waals surface area contributed by atoms with Crippen LogP contribution in [0.2, 0.25) is 0 Å². The molecule has 0 saturated heterocycles. The van der Waals surface area contributed by atoms with Crippen LogP contribution in [0.15, 0.2) is 30.3 Å². The molecule has 2 nitrogen and oxygen atoms in total. The molecule has 0 aliphatic heterocycles. The number of carbonyl (C=O) groups excluding carboxylic acids is 1. The van der Waals surface area contributed by atoms with Crippen molar-refractivity contribution in [3.63, 3.8) is 0 Å². The molecule has 0 aliphatic rings. The zero-order valence-electron chi connectivity index (χ0n) is 10.3.